The number of hydrogen-bond donors (Lipinski definition) is 1. The van der Waals surface area contributed by atoms with Gasteiger partial charge in [0.1, 0.15) is 5.75 Å². The fraction of sp³-hybridized carbons (Fsp3) is 0.188. The van der Waals surface area contributed by atoms with Crippen molar-refractivity contribution in [2.24, 2.45) is 0 Å². The highest BCUT2D eigenvalue weighted by Crippen LogP contribution is 2.23. The van der Waals surface area contributed by atoms with Crippen molar-refractivity contribution in [3.05, 3.63) is 57.0 Å². The summed E-state index contributed by atoms with van der Waals surface area (Å²) in [6.45, 7) is 3.77. The fourth-order valence-corrected chi connectivity index (χ4v) is 2.21. The number of nitrogens with one attached hydrogen (secondary N) is 1. The maximum absolute atomic E-state index is 11.9. The van der Waals surface area contributed by atoms with E-state index >= 15 is 0 Å². The largest absolute Gasteiger partial charge is 0.484 e. The molecule has 21 heavy (non-hydrogen) atoms. The first-order chi connectivity index (χ1) is 9.97. The molecular weight excluding hydrogens is 354 g/mol. The molecule has 0 fully saturated rings. The van der Waals surface area contributed by atoms with Crippen molar-refractivity contribution < 1.29 is 9.53 Å². The molecule has 0 atom stereocenters. The molecule has 2 aromatic rings. The van der Waals surface area contributed by atoms with E-state index < -0.39 is 0 Å². The fourth-order valence-electron chi connectivity index (χ4n) is 1.79. The number of carbonyl (C=O) groups excluding carboxylic acids is 1. The second-order valence-electron chi connectivity index (χ2n) is 4.66. The summed E-state index contributed by atoms with van der Waals surface area (Å²) in [7, 11) is 0. The Hall–Kier alpha value is -1.52. The van der Waals surface area contributed by atoms with Gasteiger partial charge in [-0.1, -0.05) is 33.6 Å². The Balaban J connectivity index is 1.96. The molecule has 0 aliphatic rings. The van der Waals surface area contributed by atoms with Crippen LogP contribution in [-0.2, 0) is 4.79 Å². The molecule has 5 heteroatoms. The highest BCUT2D eigenvalue weighted by molar-refractivity contribution is 9.10. The number of halogens is 2. The first kappa shape index (κ1) is 15.9. The topological polar surface area (TPSA) is 38.3 Å². The standard InChI is InChI=1S/C16H15BrClNO2/c1-10-8-12(6-7-13(10)17)21-9-16(20)19-15-5-3-4-14(18)11(15)2/h3-8H,9H2,1-2H3,(H,19,20). The van der Waals surface area contributed by atoms with Crippen LogP contribution < -0.4 is 10.1 Å². The van der Waals surface area contributed by atoms with Gasteiger partial charge >= 0.3 is 0 Å². The number of carbonyl (C=O) groups is 1. The maximum Gasteiger partial charge on any atom is 0.262 e. The van der Waals surface area contributed by atoms with Crippen LogP contribution in [0.4, 0.5) is 5.69 Å². The summed E-state index contributed by atoms with van der Waals surface area (Å²) in [5, 5.41) is 3.41. The molecule has 0 aromatic heterocycles. The summed E-state index contributed by atoms with van der Waals surface area (Å²) in [5.41, 5.74) is 2.59. The van der Waals surface area contributed by atoms with Crippen molar-refractivity contribution in [1.29, 1.82) is 0 Å². The lowest BCUT2D eigenvalue weighted by Crippen LogP contribution is -2.20. The minimum Gasteiger partial charge on any atom is -0.484 e. The van der Waals surface area contributed by atoms with Crippen LogP contribution in [0, 0.1) is 13.8 Å². The van der Waals surface area contributed by atoms with Crippen LogP contribution in [0.25, 0.3) is 0 Å². The van der Waals surface area contributed by atoms with Gasteiger partial charge in [0.05, 0.1) is 0 Å². The molecule has 0 radical (unpaired) electrons. The van der Waals surface area contributed by atoms with Gasteiger partial charge in [0.15, 0.2) is 6.61 Å². The Bertz CT molecular complexity index is 673. The molecule has 0 bridgehead atoms. The third-order valence-electron chi connectivity index (χ3n) is 3.04. The molecule has 0 saturated carbocycles. The summed E-state index contributed by atoms with van der Waals surface area (Å²) in [6, 6.07) is 11.0. The minimum absolute atomic E-state index is 0.0486. The molecule has 2 rings (SSSR count). The lowest BCUT2D eigenvalue weighted by atomic mass is 10.2. The van der Waals surface area contributed by atoms with Crippen LogP contribution in [0.15, 0.2) is 40.9 Å². The van der Waals surface area contributed by atoms with Gasteiger partial charge in [-0.15, -0.1) is 0 Å². The van der Waals surface area contributed by atoms with E-state index in [2.05, 4.69) is 21.2 Å². The molecule has 3 nitrogen and oxygen atoms in total. The minimum atomic E-state index is -0.221. The average Bonchev–Trinajstić information content (AvgIpc) is 2.45. The van der Waals surface area contributed by atoms with Gasteiger partial charge in [0.2, 0.25) is 0 Å². The average molecular weight is 369 g/mol. The van der Waals surface area contributed by atoms with Crippen molar-refractivity contribution in [3.63, 3.8) is 0 Å². The number of anilines is 1. The Morgan fingerprint density at radius 1 is 1.29 bits per heavy atom. The zero-order valence-electron chi connectivity index (χ0n) is 11.7. The normalized spacial score (nSPS) is 10.3. The lowest BCUT2D eigenvalue weighted by Gasteiger charge is -2.11. The number of hydrogen-bond acceptors (Lipinski definition) is 2. The van der Waals surface area contributed by atoms with Crippen LogP contribution in [0.5, 0.6) is 5.75 Å². The highest BCUT2D eigenvalue weighted by Gasteiger charge is 2.08. The number of aryl methyl sites for hydroxylation is 1. The van der Waals surface area contributed by atoms with E-state index in [0.717, 1.165) is 15.6 Å². The van der Waals surface area contributed by atoms with Gasteiger partial charge in [0, 0.05) is 15.2 Å². The Morgan fingerprint density at radius 2 is 2.05 bits per heavy atom. The monoisotopic (exact) mass is 367 g/mol. The molecule has 1 amide bonds. The summed E-state index contributed by atoms with van der Waals surface area (Å²) in [4.78, 5) is 11.9. The molecular formula is C16H15BrClNO2. The summed E-state index contributed by atoms with van der Waals surface area (Å²) >= 11 is 9.44. The Morgan fingerprint density at radius 3 is 2.76 bits per heavy atom. The quantitative estimate of drug-likeness (QED) is 0.846. The van der Waals surface area contributed by atoms with Crippen molar-refractivity contribution >= 4 is 39.1 Å². The zero-order chi connectivity index (χ0) is 15.4. The maximum atomic E-state index is 11.9. The van der Waals surface area contributed by atoms with E-state index in [9.17, 15) is 4.79 Å². The predicted octanol–water partition coefficient (Wildman–Crippen LogP) is 4.74. The summed E-state index contributed by atoms with van der Waals surface area (Å²) in [5.74, 6) is 0.439. The zero-order valence-corrected chi connectivity index (χ0v) is 14.1. The second kappa shape index (κ2) is 6.96. The van der Waals surface area contributed by atoms with Gasteiger partial charge in [-0.2, -0.15) is 0 Å². The molecule has 1 N–H and O–H groups in total. The van der Waals surface area contributed by atoms with E-state index in [1.807, 2.05) is 38.1 Å². The van der Waals surface area contributed by atoms with E-state index in [4.69, 9.17) is 16.3 Å². The third-order valence-corrected chi connectivity index (χ3v) is 4.34. The molecule has 0 saturated heterocycles. The molecule has 0 aliphatic heterocycles. The van der Waals surface area contributed by atoms with Crippen molar-refractivity contribution in [1.82, 2.24) is 0 Å². The Kier molecular flexibility index (Phi) is 5.26. The highest BCUT2D eigenvalue weighted by atomic mass is 79.9. The van der Waals surface area contributed by atoms with E-state index in [0.29, 0.717) is 16.5 Å². The van der Waals surface area contributed by atoms with Crippen LogP contribution in [0.1, 0.15) is 11.1 Å². The van der Waals surface area contributed by atoms with E-state index in [1.54, 1.807) is 12.1 Å². The number of ether oxygens (including phenoxy) is 1. The summed E-state index contributed by atoms with van der Waals surface area (Å²) in [6.07, 6.45) is 0. The Labute approximate surface area is 137 Å². The number of rotatable bonds is 4. The van der Waals surface area contributed by atoms with Crippen molar-refractivity contribution in [3.8, 4) is 5.75 Å². The summed E-state index contributed by atoms with van der Waals surface area (Å²) < 4.78 is 6.49. The molecule has 0 unspecified atom stereocenters. The first-order valence-corrected chi connectivity index (χ1v) is 7.58. The van der Waals surface area contributed by atoms with E-state index in [-0.39, 0.29) is 12.5 Å². The molecule has 0 spiro atoms. The second-order valence-corrected chi connectivity index (χ2v) is 5.92. The van der Waals surface area contributed by atoms with Gasteiger partial charge in [-0.05, 0) is 55.3 Å². The van der Waals surface area contributed by atoms with Crippen molar-refractivity contribution in [2.75, 3.05) is 11.9 Å². The molecule has 0 aliphatic carbocycles. The number of amides is 1. The van der Waals surface area contributed by atoms with Crippen LogP contribution in [0.2, 0.25) is 5.02 Å². The van der Waals surface area contributed by atoms with Gasteiger partial charge in [-0.25, -0.2) is 0 Å². The smallest absolute Gasteiger partial charge is 0.262 e. The van der Waals surface area contributed by atoms with Crippen molar-refractivity contribution in [2.45, 2.75) is 13.8 Å². The predicted molar refractivity (Wildman–Crippen MR) is 89.2 cm³/mol. The lowest BCUT2D eigenvalue weighted by molar-refractivity contribution is -0.118. The van der Waals surface area contributed by atoms with Crippen LogP contribution in [0.3, 0.4) is 0 Å². The third kappa shape index (κ3) is 4.22. The molecule has 0 heterocycles. The van der Waals surface area contributed by atoms with Gasteiger partial charge in [0.25, 0.3) is 5.91 Å². The first-order valence-electron chi connectivity index (χ1n) is 6.41. The van der Waals surface area contributed by atoms with Crippen LogP contribution in [-0.4, -0.2) is 12.5 Å². The van der Waals surface area contributed by atoms with Gasteiger partial charge < -0.3 is 10.1 Å². The van der Waals surface area contributed by atoms with E-state index in [1.165, 1.54) is 0 Å². The van der Waals surface area contributed by atoms with Gasteiger partial charge in [-0.3, -0.25) is 4.79 Å². The molecule has 2 aromatic carbocycles. The molecule has 110 valence electrons. The van der Waals surface area contributed by atoms with Crippen LogP contribution >= 0.6 is 27.5 Å². The SMILES string of the molecule is Cc1cc(OCC(=O)Nc2cccc(Cl)c2C)ccc1Br. The number of benzene rings is 2.